The summed E-state index contributed by atoms with van der Waals surface area (Å²) in [4.78, 5) is 0. The first-order valence-corrected chi connectivity index (χ1v) is 7.06. The van der Waals surface area contributed by atoms with E-state index in [4.69, 9.17) is 0 Å². The highest BCUT2D eigenvalue weighted by atomic mass is 127. The van der Waals surface area contributed by atoms with Crippen molar-refractivity contribution in [2.75, 3.05) is 19.6 Å². The Bertz CT molecular complexity index is 323. The van der Waals surface area contributed by atoms with Crippen LogP contribution < -0.4 is 10.6 Å². The van der Waals surface area contributed by atoms with Gasteiger partial charge in [0.2, 0.25) is 0 Å². The zero-order valence-electron chi connectivity index (χ0n) is 9.72. The second-order valence-corrected chi connectivity index (χ2v) is 5.61. The maximum Gasteiger partial charge on any atom is 0.0458 e. The molecule has 0 unspecified atom stereocenters. The molecule has 0 radical (unpaired) electrons. The average Bonchev–Trinajstić information content (AvgIpc) is 2.31. The molecule has 1 heterocycles. The van der Waals surface area contributed by atoms with Crippen LogP contribution >= 0.6 is 22.6 Å². The van der Waals surface area contributed by atoms with Crippen LogP contribution in [0.4, 0.5) is 0 Å². The van der Waals surface area contributed by atoms with Gasteiger partial charge in [-0.15, -0.1) is 0 Å². The number of hydrogen-bond acceptors (Lipinski definition) is 2. The van der Waals surface area contributed by atoms with Gasteiger partial charge in [-0.25, -0.2) is 0 Å². The third-order valence-corrected chi connectivity index (χ3v) is 4.09. The summed E-state index contributed by atoms with van der Waals surface area (Å²) >= 11 is 2.36. The van der Waals surface area contributed by atoms with E-state index >= 15 is 0 Å². The maximum atomic E-state index is 3.69. The Kier molecular flexibility index (Phi) is 4.21. The van der Waals surface area contributed by atoms with Gasteiger partial charge in [-0.1, -0.05) is 19.1 Å². The molecule has 1 saturated heterocycles. The third-order valence-electron chi connectivity index (χ3n) is 3.37. The van der Waals surface area contributed by atoms with Crippen molar-refractivity contribution in [2.45, 2.75) is 25.3 Å². The lowest BCUT2D eigenvalue weighted by molar-refractivity contribution is 0.251. The van der Waals surface area contributed by atoms with Crippen LogP contribution in [0.2, 0.25) is 0 Å². The van der Waals surface area contributed by atoms with Crippen LogP contribution in [0.25, 0.3) is 0 Å². The molecule has 1 aromatic carbocycles. The summed E-state index contributed by atoms with van der Waals surface area (Å²) in [6, 6.07) is 8.96. The van der Waals surface area contributed by atoms with Crippen molar-refractivity contribution in [2.24, 2.45) is 0 Å². The normalized spacial score (nSPS) is 19.6. The molecule has 0 aliphatic carbocycles. The minimum absolute atomic E-state index is 0.199. The van der Waals surface area contributed by atoms with Crippen LogP contribution in [0, 0.1) is 3.57 Å². The van der Waals surface area contributed by atoms with Crippen LogP contribution in [-0.4, -0.2) is 19.6 Å². The summed E-state index contributed by atoms with van der Waals surface area (Å²) in [7, 11) is 0. The summed E-state index contributed by atoms with van der Waals surface area (Å²) in [6.45, 7) is 5.44. The average molecular weight is 330 g/mol. The van der Waals surface area contributed by atoms with Gasteiger partial charge in [0.25, 0.3) is 0 Å². The summed E-state index contributed by atoms with van der Waals surface area (Å²) in [5, 5.41) is 7.13. The molecule has 88 valence electrons. The Balaban J connectivity index is 2.26. The van der Waals surface area contributed by atoms with Crippen molar-refractivity contribution in [3.8, 4) is 0 Å². The van der Waals surface area contributed by atoms with Gasteiger partial charge >= 0.3 is 0 Å². The van der Waals surface area contributed by atoms with E-state index in [1.165, 1.54) is 22.0 Å². The number of hydrogen-bond donors (Lipinski definition) is 2. The summed E-state index contributed by atoms with van der Waals surface area (Å²) in [5.74, 6) is 0. The van der Waals surface area contributed by atoms with Crippen LogP contribution in [0.3, 0.4) is 0 Å². The fraction of sp³-hybridized carbons (Fsp3) is 0.538. The minimum Gasteiger partial charge on any atom is -0.317 e. The molecule has 0 bridgehead atoms. The predicted octanol–water partition coefficient (Wildman–Crippen LogP) is 2.48. The van der Waals surface area contributed by atoms with Gasteiger partial charge in [-0.05, 0) is 72.8 Å². The fourth-order valence-corrected chi connectivity index (χ4v) is 2.89. The quantitative estimate of drug-likeness (QED) is 0.832. The number of halogens is 1. The van der Waals surface area contributed by atoms with E-state index in [-0.39, 0.29) is 5.54 Å². The number of piperidine rings is 1. The van der Waals surface area contributed by atoms with Crippen molar-refractivity contribution in [1.29, 1.82) is 0 Å². The Hall–Kier alpha value is -0.130. The summed E-state index contributed by atoms with van der Waals surface area (Å²) < 4.78 is 1.31. The van der Waals surface area contributed by atoms with Crippen molar-refractivity contribution in [3.05, 3.63) is 33.4 Å². The third kappa shape index (κ3) is 2.57. The molecule has 1 aromatic rings. The molecule has 0 saturated carbocycles. The van der Waals surface area contributed by atoms with Gasteiger partial charge in [-0.2, -0.15) is 0 Å². The highest BCUT2D eigenvalue weighted by molar-refractivity contribution is 14.1. The van der Waals surface area contributed by atoms with E-state index in [0.717, 1.165) is 19.6 Å². The van der Waals surface area contributed by atoms with Gasteiger partial charge in [-0.3, -0.25) is 0 Å². The molecule has 0 aromatic heterocycles. The monoisotopic (exact) mass is 330 g/mol. The molecular formula is C13H19IN2. The highest BCUT2D eigenvalue weighted by Gasteiger charge is 2.32. The molecule has 1 fully saturated rings. The maximum absolute atomic E-state index is 3.69. The van der Waals surface area contributed by atoms with Crippen molar-refractivity contribution in [1.82, 2.24) is 10.6 Å². The van der Waals surface area contributed by atoms with Gasteiger partial charge in [0.15, 0.2) is 0 Å². The van der Waals surface area contributed by atoms with E-state index in [1.54, 1.807) is 0 Å². The predicted molar refractivity (Wildman–Crippen MR) is 76.6 cm³/mol. The molecule has 0 amide bonds. The molecule has 2 N–H and O–H groups in total. The van der Waals surface area contributed by atoms with Gasteiger partial charge < -0.3 is 10.6 Å². The second kappa shape index (κ2) is 5.47. The lowest BCUT2D eigenvalue weighted by atomic mass is 9.81. The van der Waals surface area contributed by atoms with Crippen LogP contribution in [0.1, 0.15) is 25.3 Å². The van der Waals surface area contributed by atoms with E-state index < -0.39 is 0 Å². The van der Waals surface area contributed by atoms with Crippen LogP contribution in [0.15, 0.2) is 24.3 Å². The molecule has 16 heavy (non-hydrogen) atoms. The lowest BCUT2D eigenvalue weighted by Gasteiger charge is -2.39. The summed E-state index contributed by atoms with van der Waals surface area (Å²) in [6.07, 6.45) is 2.36. The fourth-order valence-electron chi connectivity index (χ4n) is 2.53. The van der Waals surface area contributed by atoms with Gasteiger partial charge in [0.05, 0.1) is 0 Å². The Labute approximate surface area is 111 Å². The molecular weight excluding hydrogens is 311 g/mol. The molecule has 3 heteroatoms. The van der Waals surface area contributed by atoms with E-state index in [1.807, 2.05) is 0 Å². The van der Waals surface area contributed by atoms with E-state index in [9.17, 15) is 0 Å². The van der Waals surface area contributed by atoms with Crippen molar-refractivity contribution < 1.29 is 0 Å². The molecule has 1 aliphatic heterocycles. The first kappa shape index (κ1) is 12.3. The topological polar surface area (TPSA) is 24.1 Å². The zero-order chi connectivity index (χ0) is 11.4. The van der Waals surface area contributed by atoms with Crippen molar-refractivity contribution >= 4 is 22.6 Å². The van der Waals surface area contributed by atoms with Gasteiger partial charge in [0, 0.05) is 9.11 Å². The summed E-state index contributed by atoms with van der Waals surface area (Å²) in [5.41, 5.74) is 1.64. The molecule has 0 spiro atoms. The van der Waals surface area contributed by atoms with Gasteiger partial charge in [0.1, 0.15) is 0 Å². The number of rotatable bonds is 3. The lowest BCUT2D eigenvalue weighted by Crippen LogP contribution is -2.49. The van der Waals surface area contributed by atoms with Crippen LogP contribution in [-0.2, 0) is 5.54 Å². The largest absolute Gasteiger partial charge is 0.317 e. The first-order valence-electron chi connectivity index (χ1n) is 5.99. The van der Waals surface area contributed by atoms with Crippen molar-refractivity contribution in [3.63, 3.8) is 0 Å². The molecule has 0 atom stereocenters. The second-order valence-electron chi connectivity index (χ2n) is 4.37. The SMILES string of the molecule is CCNC1(c2ccc(I)cc2)CCNCC1. The van der Waals surface area contributed by atoms with E-state index in [2.05, 4.69) is 64.4 Å². The molecule has 1 aliphatic rings. The Morgan fingerprint density at radius 1 is 1.25 bits per heavy atom. The molecule has 2 rings (SSSR count). The first-order chi connectivity index (χ1) is 7.77. The standard InChI is InChI=1S/C13H19IN2/c1-2-16-13(7-9-15-10-8-13)11-3-5-12(14)6-4-11/h3-6,15-16H,2,7-10H2,1H3. The van der Waals surface area contributed by atoms with Crippen LogP contribution in [0.5, 0.6) is 0 Å². The Morgan fingerprint density at radius 3 is 2.44 bits per heavy atom. The van der Waals surface area contributed by atoms with E-state index in [0.29, 0.717) is 0 Å². The highest BCUT2D eigenvalue weighted by Crippen LogP contribution is 2.30. The Morgan fingerprint density at radius 2 is 1.88 bits per heavy atom. The minimum atomic E-state index is 0.199. The zero-order valence-corrected chi connectivity index (χ0v) is 11.9. The number of nitrogens with one attached hydrogen (secondary N) is 2. The number of benzene rings is 1. The smallest absolute Gasteiger partial charge is 0.0458 e. The molecule has 2 nitrogen and oxygen atoms in total.